The molecule has 4 nitrogen and oxygen atoms in total. The molecule has 1 atom stereocenters. The molecule has 234 valence electrons. The van der Waals surface area contributed by atoms with Crippen molar-refractivity contribution < 1.29 is 4.79 Å². The molecule has 45 heavy (non-hydrogen) atoms. The molecule has 6 rings (SSSR count). The summed E-state index contributed by atoms with van der Waals surface area (Å²) in [5.74, 6) is 1.85. The Labute approximate surface area is 273 Å². The Balaban J connectivity index is 1.16. The number of hydrogen-bond acceptors (Lipinski definition) is 3. The van der Waals surface area contributed by atoms with E-state index in [9.17, 15) is 4.79 Å². The van der Waals surface area contributed by atoms with Crippen molar-refractivity contribution in [1.29, 1.82) is 0 Å². The number of allylic oxidation sites excluding steroid dienone is 2. The molecule has 0 radical (unpaired) electrons. The smallest absolute Gasteiger partial charge is 0.139 e. The number of unbranched alkanes of at least 4 members (excludes halogenated alkanes) is 3. The van der Waals surface area contributed by atoms with Crippen molar-refractivity contribution in [1.82, 2.24) is 9.97 Å². The first-order valence-electron chi connectivity index (χ1n) is 17.0. The number of aromatic nitrogens is 2. The number of H-pyrrole nitrogens is 1. The topological polar surface area (TPSA) is 57.8 Å². The highest BCUT2D eigenvalue weighted by Crippen LogP contribution is 2.38. The first kappa shape index (κ1) is 31.4. The van der Waals surface area contributed by atoms with E-state index in [2.05, 4.69) is 65.5 Å². The number of anilines is 2. The van der Waals surface area contributed by atoms with Crippen LogP contribution < -0.4 is 5.32 Å². The van der Waals surface area contributed by atoms with E-state index in [4.69, 9.17) is 11.6 Å². The van der Waals surface area contributed by atoms with Crippen molar-refractivity contribution in [3.8, 4) is 22.6 Å². The van der Waals surface area contributed by atoms with Crippen molar-refractivity contribution in [2.75, 3.05) is 5.32 Å². The Kier molecular flexibility index (Phi) is 10.2. The SMILES string of the molecule is CC(=C1CCC1)c1cccc(Nc2ccc(Cl)c(-c3ncc(-c4ccccc4)[nH]3)c2)c1CCCCCCC(C)C(=O)C1CCC1. The second-order valence-corrected chi connectivity index (χ2v) is 13.5. The monoisotopic (exact) mass is 619 g/mol. The van der Waals surface area contributed by atoms with E-state index < -0.39 is 0 Å². The Bertz CT molecular complexity index is 1640. The maximum Gasteiger partial charge on any atom is 0.139 e. The first-order chi connectivity index (χ1) is 22.0. The largest absolute Gasteiger partial charge is 0.355 e. The zero-order valence-corrected chi connectivity index (χ0v) is 27.6. The Morgan fingerprint density at radius 1 is 0.978 bits per heavy atom. The summed E-state index contributed by atoms with van der Waals surface area (Å²) in [6, 6.07) is 23.0. The van der Waals surface area contributed by atoms with Gasteiger partial charge in [-0.25, -0.2) is 4.98 Å². The van der Waals surface area contributed by atoms with Gasteiger partial charge < -0.3 is 10.3 Å². The molecule has 0 aliphatic heterocycles. The van der Waals surface area contributed by atoms with Crippen molar-refractivity contribution in [3.05, 3.63) is 94.6 Å². The molecular weight excluding hydrogens is 574 g/mol. The summed E-state index contributed by atoms with van der Waals surface area (Å²) in [6.45, 7) is 4.45. The predicted octanol–water partition coefficient (Wildman–Crippen LogP) is 11.6. The van der Waals surface area contributed by atoms with Crippen molar-refractivity contribution in [3.63, 3.8) is 0 Å². The van der Waals surface area contributed by atoms with E-state index in [1.54, 1.807) is 5.57 Å². The third-order valence-electron chi connectivity index (χ3n) is 10.0. The summed E-state index contributed by atoms with van der Waals surface area (Å²) in [4.78, 5) is 20.7. The average Bonchev–Trinajstić information content (AvgIpc) is 3.49. The maximum atomic E-state index is 12.6. The summed E-state index contributed by atoms with van der Waals surface area (Å²) >= 11 is 6.70. The number of Topliss-reactive ketones (excluding diaryl/α,β-unsaturated/α-hetero) is 1. The van der Waals surface area contributed by atoms with Gasteiger partial charge >= 0.3 is 0 Å². The van der Waals surface area contributed by atoms with Gasteiger partial charge in [0.05, 0.1) is 16.9 Å². The van der Waals surface area contributed by atoms with Crippen LogP contribution in [-0.2, 0) is 11.2 Å². The minimum Gasteiger partial charge on any atom is -0.355 e. The van der Waals surface area contributed by atoms with Crippen LogP contribution in [0, 0.1) is 11.8 Å². The van der Waals surface area contributed by atoms with Gasteiger partial charge in [0.2, 0.25) is 0 Å². The standard InChI is InChI=1S/C40H46ClN3O/c1-27(39(45)31-18-11-19-31)13-6-3-4-9-20-34-33(28(2)29-16-10-17-29)21-12-22-37(34)43-32-23-24-36(41)35(25-32)40-42-26-38(44-40)30-14-7-5-8-15-30/h5,7-8,12,14-15,21-27,31,43H,3-4,6,9-11,13,16-20H2,1-2H3,(H,42,44). The Morgan fingerprint density at radius 2 is 1.78 bits per heavy atom. The molecule has 0 bridgehead atoms. The molecule has 0 saturated heterocycles. The predicted molar refractivity (Wildman–Crippen MR) is 189 cm³/mol. The van der Waals surface area contributed by atoms with Crippen LogP contribution in [-0.4, -0.2) is 15.8 Å². The number of carbonyl (C=O) groups is 1. The molecule has 1 heterocycles. The fraction of sp³-hybridized carbons (Fsp3) is 0.400. The zero-order chi connectivity index (χ0) is 31.2. The van der Waals surface area contributed by atoms with Crippen LogP contribution in [0.1, 0.15) is 95.6 Å². The minimum atomic E-state index is 0.221. The summed E-state index contributed by atoms with van der Waals surface area (Å²) in [6.07, 6.45) is 15.8. The van der Waals surface area contributed by atoms with Crippen LogP contribution in [0.15, 0.2) is 78.5 Å². The normalized spacial score (nSPS) is 15.3. The van der Waals surface area contributed by atoms with Gasteiger partial charge in [-0.3, -0.25) is 4.79 Å². The third-order valence-corrected chi connectivity index (χ3v) is 10.4. The molecular formula is C40H46ClN3O. The van der Waals surface area contributed by atoms with Gasteiger partial charge in [0.1, 0.15) is 11.6 Å². The highest BCUT2D eigenvalue weighted by Gasteiger charge is 2.28. The van der Waals surface area contributed by atoms with E-state index >= 15 is 0 Å². The van der Waals surface area contributed by atoms with Crippen LogP contribution in [0.5, 0.6) is 0 Å². The van der Waals surface area contributed by atoms with Crippen molar-refractivity contribution >= 4 is 34.3 Å². The summed E-state index contributed by atoms with van der Waals surface area (Å²) < 4.78 is 0. The highest BCUT2D eigenvalue weighted by molar-refractivity contribution is 6.33. The van der Waals surface area contributed by atoms with Crippen molar-refractivity contribution in [2.24, 2.45) is 11.8 Å². The summed E-state index contributed by atoms with van der Waals surface area (Å²) in [7, 11) is 0. The van der Waals surface area contributed by atoms with Crippen LogP contribution in [0.25, 0.3) is 28.2 Å². The lowest BCUT2D eigenvalue weighted by molar-refractivity contribution is -0.128. The molecule has 4 aromatic rings. The molecule has 0 spiro atoms. The van der Waals surface area contributed by atoms with Crippen LogP contribution in [0.2, 0.25) is 5.02 Å². The molecule has 2 N–H and O–H groups in total. The molecule has 1 unspecified atom stereocenters. The summed E-state index contributed by atoms with van der Waals surface area (Å²) in [5.41, 5.74) is 10.9. The van der Waals surface area contributed by atoms with Gasteiger partial charge in [-0.15, -0.1) is 0 Å². The van der Waals surface area contributed by atoms with Gasteiger partial charge in [-0.05, 0) is 105 Å². The lowest BCUT2D eigenvalue weighted by Crippen LogP contribution is -2.27. The van der Waals surface area contributed by atoms with Gasteiger partial charge in [0.15, 0.2) is 0 Å². The average molecular weight is 620 g/mol. The second kappa shape index (κ2) is 14.6. The zero-order valence-electron chi connectivity index (χ0n) is 26.8. The highest BCUT2D eigenvalue weighted by atomic mass is 35.5. The molecule has 0 amide bonds. The van der Waals surface area contributed by atoms with Gasteiger partial charge in [0.25, 0.3) is 0 Å². The van der Waals surface area contributed by atoms with Crippen LogP contribution >= 0.6 is 11.6 Å². The van der Waals surface area contributed by atoms with Crippen molar-refractivity contribution in [2.45, 2.75) is 90.9 Å². The molecule has 2 aliphatic carbocycles. The molecule has 1 aromatic heterocycles. The fourth-order valence-corrected chi connectivity index (χ4v) is 6.96. The molecule has 3 aromatic carbocycles. The third kappa shape index (κ3) is 7.44. The van der Waals surface area contributed by atoms with Gasteiger partial charge in [-0.1, -0.05) is 92.2 Å². The number of benzene rings is 3. The summed E-state index contributed by atoms with van der Waals surface area (Å²) in [5, 5.41) is 4.42. The number of halogens is 1. The fourth-order valence-electron chi connectivity index (χ4n) is 6.75. The lowest BCUT2D eigenvalue weighted by atomic mass is 9.77. The maximum absolute atomic E-state index is 12.6. The number of aromatic amines is 1. The van der Waals surface area contributed by atoms with E-state index in [1.165, 1.54) is 55.2 Å². The Hall–Kier alpha value is -3.63. The van der Waals surface area contributed by atoms with Gasteiger partial charge in [-0.2, -0.15) is 0 Å². The number of nitrogens with zero attached hydrogens (tertiary/aromatic N) is 1. The van der Waals surface area contributed by atoms with Gasteiger partial charge in [0, 0.05) is 28.8 Å². The second-order valence-electron chi connectivity index (χ2n) is 13.1. The number of rotatable bonds is 14. The lowest BCUT2D eigenvalue weighted by Gasteiger charge is -2.26. The molecule has 2 fully saturated rings. The molecule has 2 saturated carbocycles. The van der Waals surface area contributed by atoms with Crippen LogP contribution in [0.4, 0.5) is 11.4 Å². The van der Waals surface area contributed by atoms with Crippen LogP contribution in [0.3, 0.4) is 0 Å². The molecule has 5 heteroatoms. The number of hydrogen-bond donors (Lipinski definition) is 2. The quantitative estimate of drug-likeness (QED) is 0.138. The van der Waals surface area contributed by atoms with E-state index in [1.807, 2.05) is 36.5 Å². The van der Waals surface area contributed by atoms with E-state index in [0.29, 0.717) is 16.7 Å². The number of ketones is 1. The number of nitrogens with one attached hydrogen (secondary N) is 2. The first-order valence-corrected chi connectivity index (χ1v) is 17.4. The van der Waals surface area contributed by atoms with E-state index in [0.717, 1.165) is 72.5 Å². The number of carbonyl (C=O) groups excluding carboxylic acids is 1. The van der Waals surface area contributed by atoms with E-state index in [-0.39, 0.29) is 5.92 Å². The molecule has 2 aliphatic rings. The minimum absolute atomic E-state index is 0.221. The number of imidazole rings is 1. The Morgan fingerprint density at radius 3 is 2.51 bits per heavy atom.